The molecule has 2 unspecified atom stereocenters. The zero-order valence-corrected chi connectivity index (χ0v) is 6.13. The Bertz CT molecular complexity index is 137. The number of hydrogen-bond acceptors (Lipinski definition) is 3. The molecule has 2 aliphatic rings. The summed E-state index contributed by atoms with van der Waals surface area (Å²) < 4.78 is 15.8. The van der Waals surface area contributed by atoms with Gasteiger partial charge in [-0.3, -0.25) is 0 Å². The van der Waals surface area contributed by atoms with Crippen LogP contribution in [0.5, 0.6) is 0 Å². The molecule has 2 atom stereocenters. The molecule has 0 aromatic rings. The lowest BCUT2D eigenvalue weighted by atomic mass is 10.3. The lowest BCUT2D eigenvalue weighted by molar-refractivity contribution is -0.219. The van der Waals surface area contributed by atoms with Crippen LogP contribution in [-0.2, 0) is 14.2 Å². The van der Waals surface area contributed by atoms with E-state index in [9.17, 15) is 0 Å². The van der Waals surface area contributed by atoms with E-state index >= 15 is 0 Å². The van der Waals surface area contributed by atoms with Crippen LogP contribution in [0.25, 0.3) is 0 Å². The largest absolute Gasteiger partial charge is 0.325 e. The summed E-state index contributed by atoms with van der Waals surface area (Å²) in [6.07, 6.45) is 2.24. The molecule has 2 rings (SSSR count). The maximum Gasteiger partial charge on any atom is 0.311 e. The van der Waals surface area contributed by atoms with Gasteiger partial charge in [0.25, 0.3) is 0 Å². The molecule has 0 aliphatic carbocycles. The highest BCUT2D eigenvalue weighted by atomic mass is 17.0. The van der Waals surface area contributed by atoms with E-state index in [-0.39, 0.29) is 6.10 Å². The van der Waals surface area contributed by atoms with E-state index in [1.165, 1.54) is 0 Å². The molecular weight excluding hydrogens is 132 g/mol. The molecule has 2 fully saturated rings. The molecule has 58 valence electrons. The van der Waals surface area contributed by atoms with Crippen molar-refractivity contribution in [2.75, 3.05) is 13.2 Å². The van der Waals surface area contributed by atoms with Gasteiger partial charge in [-0.15, -0.1) is 0 Å². The second-order valence-electron chi connectivity index (χ2n) is 2.70. The topological polar surface area (TPSA) is 31.0 Å². The first-order chi connectivity index (χ1) is 4.87. The molecule has 0 bridgehead atoms. The molecule has 0 amide bonds. The predicted octanol–water partition coefficient (Wildman–Crippen LogP) is 0.886. The van der Waals surface area contributed by atoms with E-state index in [1.54, 1.807) is 0 Å². The summed E-state index contributed by atoms with van der Waals surface area (Å²) in [6.45, 7) is 3.59. The number of rotatable bonds is 3. The zero-order chi connectivity index (χ0) is 7.03. The average molecular weight is 144 g/mol. The smallest absolute Gasteiger partial charge is 0.311 e. The number of epoxide rings is 1. The van der Waals surface area contributed by atoms with Crippen molar-refractivity contribution in [3.63, 3.8) is 0 Å². The third kappa shape index (κ3) is 0.856. The maximum atomic E-state index is 5.37. The van der Waals surface area contributed by atoms with E-state index in [4.69, 9.17) is 14.2 Å². The molecule has 0 spiro atoms. The van der Waals surface area contributed by atoms with Crippen molar-refractivity contribution in [2.45, 2.75) is 31.8 Å². The standard InChI is InChI=1S/C7H12O3/c1-2-4-8-7-6(10-7)3-5-9-7/h6H,2-5H2,1H3. The molecular formula is C7H12O3. The third-order valence-corrected chi connectivity index (χ3v) is 1.83. The number of hydrogen-bond donors (Lipinski definition) is 0. The van der Waals surface area contributed by atoms with Crippen molar-refractivity contribution in [3.8, 4) is 0 Å². The van der Waals surface area contributed by atoms with Crippen LogP contribution in [0.4, 0.5) is 0 Å². The lowest BCUT2D eigenvalue weighted by Gasteiger charge is -2.08. The van der Waals surface area contributed by atoms with E-state index in [0.29, 0.717) is 0 Å². The Morgan fingerprint density at radius 1 is 1.70 bits per heavy atom. The van der Waals surface area contributed by atoms with Crippen LogP contribution in [0.15, 0.2) is 0 Å². The molecule has 2 heterocycles. The SMILES string of the molecule is CCCOC12OCCC1O2. The Kier molecular flexibility index (Phi) is 1.44. The van der Waals surface area contributed by atoms with E-state index < -0.39 is 5.97 Å². The summed E-state index contributed by atoms with van der Waals surface area (Å²) in [4.78, 5) is 0. The quantitative estimate of drug-likeness (QED) is 0.551. The van der Waals surface area contributed by atoms with Gasteiger partial charge in [0, 0.05) is 6.42 Å². The van der Waals surface area contributed by atoms with Gasteiger partial charge in [-0.1, -0.05) is 6.92 Å². The van der Waals surface area contributed by atoms with Crippen molar-refractivity contribution in [3.05, 3.63) is 0 Å². The van der Waals surface area contributed by atoms with Crippen LogP contribution in [0.2, 0.25) is 0 Å². The number of ether oxygens (including phenoxy) is 3. The highest BCUT2D eigenvalue weighted by Gasteiger charge is 2.63. The van der Waals surface area contributed by atoms with Crippen molar-refractivity contribution in [1.29, 1.82) is 0 Å². The van der Waals surface area contributed by atoms with Crippen LogP contribution in [0, 0.1) is 0 Å². The molecule has 0 aromatic carbocycles. The minimum atomic E-state index is -0.587. The first-order valence-corrected chi connectivity index (χ1v) is 3.83. The fourth-order valence-electron chi connectivity index (χ4n) is 1.25. The second-order valence-corrected chi connectivity index (χ2v) is 2.70. The van der Waals surface area contributed by atoms with Crippen molar-refractivity contribution >= 4 is 0 Å². The van der Waals surface area contributed by atoms with Gasteiger partial charge in [0.1, 0.15) is 6.10 Å². The highest BCUT2D eigenvalue weighted by molar-refractivity contribution is 4.91. The minimum Gasteiger partial charge on any atom is -0.325 e. The van der Waals surface area contributed by atoms with Crippen LogP contribution in [0.3, 0.4) is 0 Å². The molecule has 3 heteroatoms. The summed E-state index contributed by atoms with van der Waals surface area (Å²) in [7, 11) is 0. The first-order valence-electron chi connectivity index (χ1n) is 3.83. The lowest BCUT2D eigenvalue weighted by Crippen LogP contribution is -2.18. The fraction of sp³-hybridized carbons (Fsp3) is 1.00. The second kappa shape index (κ2) is 2.19. The molecule has 0 N–H and O–H groups in total. The van der Waals surface area contributed by atoms with Crippen molar-refractivity contribution in [1.82, 2.24) is 0 Å². The Balaban J connectivity index is 1.82. The van der Waals surface area contributed by atoms with Crippen LogP contribution in [-0.4, -0.2) is 25.3 Å². The van der Waals surface area contributed by atoms with Gasteiger partial charge in [0.15, 0.2) is 0 Å². The fourth-order valence-corrected chi connectivity index (χ4v) is 1.25. The maximum absolute atomic E-state index is 5.37. The van der Waals surface area contributed by atoms with E-state index in [0.717, 1.165) is 26.1 Å². The zero-order valence-electron chi connectivity index (χ0n) is 6.13. The summed E-state index contributed by atoms with van der Waals surface area (Å²) in [6, 6.07) is 0. The van der Waals surface area contributed by atoms with Crippen molar-refractivity contribution < 1.29 is 14.2 Å². The molecule has 0 radical (unpaired) electrons. The molecule has 2 saturated heterocycles. The normalized spacial score (nSPS) is 43.5. The third-order valence-electron chi connectivity index (χ3n) is 1.83. The van der Waals surface area contributed by atoms with E-state index in [1.807, 2.05) is 0 Å². The van der Waals surface area contributed by atoms with Gasteiger partial charge >= 0.3 is 5.97 Å². The Morgan fingerprint density at radius 2 is 2.60 bits per heavy atom. The summed E-state index contributed by atoms with van der Waals surface area (Å²) in [5, 5.41) is 0. The molecule has 2 aliphatic heterocycles. The van der Waals surface area contributed by atoms with Gasteiger partial charge in [0.05, 0.1) is 13.2 Å². The summed E-state index contributed by atoms with van der Waals surface area (Å²) in [5.41, 5.74) is 0. The van der Waals surface area contributed by atoms with Gasteiger partial charge in [0.2, 0.25) is 0 Å². The van der Waals surface area contributed by atoms with Crippen LogP contribution in [0.1, 0.15) is 19.8 Å². The van der Waals surface area contributed by atoms with Crippen LogP contribution < -0.4 is 0 Å². The molecule has 3 nitrogen and oxygen atoms in total. The first kappa shape index (κ1) is 6.58. The monoisotopic (exact) mass is 144 g/mol. The summed E-state index contributed by atoms with van der Waals surface area (Å²) in [5.74, 6) is -0.587. The van der Waals surface area contributed by atoms with Gasteiger partial charge in [-0.05, 0) is 6.42 Å². The minimum absolute atomic E-state index is 0.235. The van der Waals surface area contributed by atoms with Crippen molar-refractivity contribution in [2.24, 2.45) is 0 Å². The van der Waals surface area contributed by atoms with E-state index in [2.05, 4.69) is 6.92 Å². The number of fused-ring (bicyclic) bond motifs is 1. The molecule has 0 saturated carbocycles. The van der Waals surface area contributed by atoms with Gasteiger partial charge in [-0.2, -0.15) is 0 Å². The molecule has 10 heavy (non-hydrogen) atoms. The summed E-state index contributed by atoms with van der Waals surface area (Å²) >= 11 is 0. The Labute approximate surface area is 60.3 Å². The Morgan fingerprint density at radius 3 is 3.10 bits per heavy atom. The Hall–Kier alpha value is -0.120. The van der Waals surface area contributed by atoms with Gasteiger partial charge in [-0.25, -0.2) is 0 Å². The molecule has 0 aromatic heterocycles. The highest BCUT2D eigenvalue weighted by Crippen LogP contribution is 2.46. The van der Waals surface area contributed by atoms with Gasteiger partial charge < -0.3 is 14.2 Å². The predicted molar refractivity (Wildman–Crippen MR) is 34.4 cm³/mol. The van der Waals surface area contributed by atoms with Crippen LogP contribution >= 0.6 is 0 Å². The average Bonchev–Trinajstić information content (AvgIpc) is 2.51.